The number of sulfonamides is 1. The summed E-state index contributed by atoms with van der Waals surface area (Å²) in [5.74, 6) is 0.179. The second-order valence-corrected chi connectivity index (χ2v) is 6.24. The Bertz CT molecular complexity index is 693. The van der Waals surface area contributed by atoms with Crippen LogP contribution >= 0.6 is 0 Å². The number of carbonyl (C=O) groups excluding carboxylic acids is 1. The minimum atomic E-state index is -3.66. The van der Waals surface area contributed by atoms with Crippen molar-refractivity contribution in [3.8, 4) is 0 Å². The van der Waals surface area contributed by atoms with Crippen molar-refractivity contribution in [1.82, 2.24) is 4.72 Å². The van der Waals surface area contributed by atoms with Gasteiger partial charge in [-0.3, -0.25) is 14.5 Å². The lowest BCUT2D eigenvalue weighted by Crippen LogP contribution is -2.29. The van der Waals surface area contributed by atoms with Crippen molar-refractivity contribution in [2.75, 3.05) is 11.9 Å². The molecule has 0 saturated heterocycles. The van der Waals surface area contributed by atoms with Crippen molar-refractivity contribution in [2.45, 2.75) is 24.7 Å². The quantitative estimate of drug-likeness (QED) is 0.829. The van der Waals surface area contributed by atoms with Crippen LogP contribution < -0.4 is 10.0 Å². The number of hydrogen-bond acceptors (Lipinski definition) is 4. The van der Waals surface area contributed by atoms with Gasteiger partial charge in [0.2, 0.25) is 5.91 Å². The molecule has 2 N–H and O–H groups in total. The van der Waals surface area contributed by atoms with Gasteiger partial charge in [0.25, 0.3) is 10.0 Å². The Kier molecular flexibility index (Phi) is 4.74. The fourth-order valence-electron chi connectivity index (χ4n) is 1.91. The number of benzene rings is 1. The van der Waals surface area contributed by atoms with Gasteiger partial charge in [0.05, 0.1) is 4.90 Å². The lowest BCUT2D eigenvalue weighted by Gasteiger charge is -2.09. The van der Waals surface area contributed by atoms with Crippen molar-refractivity contribution in [3.63, 3.8) is 0 Å². The van der Waals surface area contributed by atoms with E-state index in [0.29, 0.717) is 24.5 Å². The second-order valence-electron chi connectivity index (χ2n) is 4.55. The lowest BCUT2D eigenvalue weighted by atomic mass is 10.3. The number of hydrogen-bond donors (Lipinski definition) is 2. The normalized spacial score (nSPS) is 15.0. The molecule has 0 radical (unpaired) electrons. The van der Waals surface area contributed by atoms with Crippen LogP contribution in [0.2, 0.25) is 0 Å². The molecule has 1 amide bonds. The highest BCUT2D eigenvalue weighted by molar-refractivity contribution is 7.90. The van der Waals surface area contributed by atoms with Gasteiger partial charge in [-0.15, -0.1) is 0 Å². The highest BCUT2D eigenvalue weighted by Crippen LogP contribution is 2.16. The minimum absolute atomic E-state index is 0.0929. The molecule has 0 fully saturated rings. The van der Waals surface area contributed by atoms with Crippen LogP contribution in [-0.2, 0) is 14.8 Å². The molecule has 0 spiro atoms. The first kappa shape index (κ1) is 15.2. The summed E-state index contributed by atoms with van der Waals surface area (Å²) in [5.41, 5.74) is 0.425. The lowest BCUT2D eigenvalue weighted by molar-refractivity contribution is -0.111. The van der Waals surface area contributed by atoms with Crippen molar-refractivity contribution in [3.05, 3.63) is 36.4 Å². The molecule has 7 heteroatoms. The van der Waals surface area contributed by atoms with Gasteiger partial charge in [-0.1, -0.05) is 12.1 Å². The first-order valence-electron chi connectivity index (χ1n) is 6.61. The Morgan fingerprint density at radius 2 is 2.19 bits per heavy atom. The summed E-state index contributed by atoms with van der Waals surface area (Å²) in [6.07, 6.45) is 4.47. The third kappa shape index (κ3) is 4.16. The van der Waals surface area contributed by atoms with Crippen LogP contribution in [0.1, 0.15) is 19.8 Å². The van der Waals surface area contributed by atoms with E-state index in [1.54, 1.807) is 25.1 Å². The van der Waals surface area contributed by atoms with Gasteiger partial charge in [-0.25, -0.2) is 8.42 Å². The molecule has 0 aliphatic carbocycles. The number of anilines is 1. The van der Waals surface area contributed by atoms with E-state index in [1.165, 1.54) is 18.2 Å². The summed E-state index contributed by atoms with van der Waals surface area (Å²) in [4.78, 5) is 15.7. The molecule has 21 heavy (non-hydrogen) atoms. The van der Waals surface area contributed by atoms with Crippen molar-refractivity contribution < 1.29 is 13.2 Å². The van der Waals surface area contributed by atoms with Gasteiger partial charge in [0.1, 0.15) is 5.84 Å². The van der Waals surface area contributed by atoms with Gasteiger partial charge in [-0.2, -0.15) is 0 Å². The van der Waals surface area contributed by atoms with E-state index in [1.807, 2.05) is 0 Å². The number of amidine groups is 1. The SMILES string of the molecule is C/C=C/C(=O)Nc1cccc(S(=O)(=O)NC2=NCCC2)c1. The maximum absolute atomic E-state index is 12.2. The summed E-state index contributed by atoms with van der Waals surface area (Å²) in [6, 6.07) is 6.10. The predicted molar refractivity (Wildman–Crippen MR) is 81.7 cm³/mol. The predicted octanol–water partition coefficient (Wildman–Crippen LogP) is 1.67. The van der Waals surface area contributed by atoms with E-state index in [9.17, 15) is 13.2 Å². The van der Waals surface area contributed by atoms with Crippen LogP contribution in [0.25, 0.3) is 0 Å². The smallest absolute Gasteiger partial charge is 0.262 e. The Hall–Kier alpha value is -2.15. The zero-order chi connectivity index (χ0) is 15.3. The molecular formula is C14H17N3O3S. The Labute approximate surface area is 124 Å². The van der Waals surface area contributed by atoms with Gasteiger partial charge in [0.15, 0.2) is 0 Å². The summed E-state index contributed by atoms with van der Waals surface area (Å²) in [6.45, 7) is 2.38. The molecule has 1 aliphatic rings. The summed E-state index contributed by atoms with van der Waals surface area (Å²) in [7, 11) is -3.66. The molecule has 112 valence electrons. The molecule has 0 unspecified atom stereocenters. The molecule has 0 bridgehead atoms. The number of amides is 1. The number of allylic oxidation sites excluding steroid dienone is 1. The average Bonchev–Trinajstić information content (AvgIpc) is 2.91. The van der Waals surface area contributed by atoms with Crippen LogP contribution in [0, 0.1) is 0 Å². The maximum Gasteiger partial charge on any atom is 0.262 e. The highest BCUT2D eigenvalue weighted by atomic mass is 32.2. The largest absolute Gasteiger partial charge is 0.322 e. The third-order valence-corrected chi connectivity index (χ3v) is 4.24. The molecule has 1 aromatic carbocycles. The number of rotatable bonds is 4. The first-order chi connectivity index (χ1) is 10.0. The van der Waals surface area contributed by atoms with Crippen molar-refractivity contribution in [2.24, 2.45) is 4.99 Å². The Balaban J connectivity index is 2.17. The zero-order valence-corrected chi connectivity index (χ0v) is 12.5. The number of carbonyl (C=O) groups is 1. The molecule has 1 aromatic rings. The van der Waals surface area contributed by atoms with E-state index >= 15 is 0 Å². The van der Waals surface area contributed by atoms with Crippen LogP contribution in [0.5, 0.6) is 0 Å². The fourth-order valence-corrected chi connectivity index (χ4v) is 3.05. The summed E-state index contributed by atoms with van der Waals surface area (Å²) in [5, 5.41) is 2.60. The third-order valence-electron chi connectivity index (χ3n) is 2.86. The zero-order valence-electron chi connectivity index (χ0n) is 11.7. The molecule has 1 aliphatic heterocycles. The van der Waals surface area contributed by atoms with Gasteiger partial charge < -0.3 is 5.32 Å². The van der Waals surface area contributed by atoms with E-state index < -0.39 is 10.0 Å². The van der Waals surface area contributed by atoms with Crippen LogP contribution in [0.15, 0.2) is 46.3 Å². The molecule has 2 rings (SSSR count). The van der Waals surface area contributed by atoms with Gasteiger partial charge in [0, 0.05) is 18.7 Å². The van der Waals surface area contributed by atoms with Crippen LogP contribution in [0.3, 0.4) is 0 Å². The first-order valence-corrected chi connectivity index (χ1v) is 8.09. The van der Waals surface area contributed by atoms with E-state index in [2.05, 4.69) is 15.0 Å². The molecular weight excluding hydrogens is 290 g/mol. The molecule has 6 nitrogen and oxygen atoms in total. The van der Waals surface area contributed by atoms with E-state index in [0.717, 1.165) is 6.42 Å². The molecule has 1 heterocycles. The van der Waals surface area contributed by atoms with Crippen molar-refractivity contribution in [1.29, 1.82) is 0 Å². The molecule has 0 saturated carbocycles. The number of nitrogens with one attached hydrogen (secondary N) is 2. The average molecular weight is 307 g/mol. The standard InChI is InChI=1S/C14H17N3O3S/c1-2-5-14(18)16-11-6-3-7-12(10-11)21(19,20)17-13-8-4-9-15-13/h2-3,5-7,10H,4,8-9H2,1H3,(H,15,17)(H,16,18)/b5-2+. The second kappa shape index (κ2) is 6.53. The monoisotopic (exact) mass is 307 g/mol. The maximum atomic E-state index is 12.2. The molecule has 0 atom stereocenters. The number of aliphatic imine (C=N–C) groups is 1. The summed E-state index contributed by atoms with van der Waals surface area (Å²) >= 11 is 0. The van der Waals surface area contributed by atoms with Gasteiger partial charge >= 0.3 is 0 Å². The fraction of sp³-hybridized carbons (Fsp3) is 0.286. The highest BCUT2D eigenvalue weighted by Gasteiger charge is 2.18. The Morgan fingerprint density at radius 3 is 2.86 bits per heavy atom. The molecule has 0 aromatic heterocycles. The van der Waals surface area contributed by atoms with Crippen LogP contribution in [-0.4, -0.2) is 26.7 Å². The minimum Gasteiger partial charge on any atom is -0.322 e. The van der Waals surface area contributed by atoms with E-state index in [-0.39, 0.29) is 10.8 Å². The van der Waals surface area contributed by atoms with Crippen LogP contribution in [0.4, 0.5) is 5.69 Å². The van der Waals surface area contributed by atoms with E-state index in [4.69, 9.17) is 0 Å². The topological polar surface area (TPSA) is 87.6 Å². The number of nitrogens with zero attached hydrogens (tertiary/aromatic N) is 1. The van der Waals surface area contributed by atoms with Gasteiger partial charge in [-0.05, 0) is 37.6 Å². The summed E-state index contributed by atoms with van der Waals surface area (Å²) < 4.78 is 26.9. The Morgan fingerprint density at radius 1 is 1.38 bits per heavy atom. The van der Waals surface area contributed by atoms with Crippen molar-refractivity contribution >= 4 is 27.5 Å².